The molecular formula is C11H16O. The van der Waals surface area contributed by atoms with Crippen LogP contribution in [-0.2, 0) is 4.79 Å². The number of carbonyl (C=O) groups excluding carboxylic acids is 1. The van der Waals surface area contributed by atoms with Gasteiger partial charge in [-0.3, -0.25) is 4.79 Å². The minimum Gasteiger partial charge on any atom is -0.295 e. The van der Waals surface area contributed by atoms with Crippen LogP contribution in [0, 0.1) is 5.41 Å². The fourth-order valence-electron chi connectivity index (χ4n) is 1.59. The number of hydrogen-bond donors (Lipinski definition) is 0. The van der Waals surface area contributed by atoms with E-state index in [1.165, 1.54) is 5.57 Å². The largest absolute Gasteiger partial charge is 0.295 e. The highest BCUT2D eigenvalue weighted by molar-refractivity contribution is 5.95. The van der Waals surface area contributed by atoms with Crippen molar-refractivity contribution in [3.63, 3.8) is 0 Å². The molecule has 0 aromatic carbocycles. The summed E-state index contributed by atoms with van der Waals surface area (Å²) >= 11 is 0. The lowest BCUT2D eigenvalue weighted by molar-refractivity contribution is -0.114. The van der Waals surface area contributed by atoms with Crippen molar-refractivity contribution in [3.05, 3.63) is 23.3 Å². The van der Waals surface area contributed by atoms with Crippen molar-refractivity contribution in [3.8, 4) is 0 Å². The van der Waals surface area contributed by atoms with Crippen molar-refractivity contribution in [1.29, 1.82) is 0 Å². The highest BCUT2D eigenvalue weighted by atomic mass is 16.1. The van der Waals surface area contributed by atoms with E-state index in [0.717, 1.165) is 12.0 Å². The predicted molar refractivity (Wildman–Crippen MR) is 50.9 cm³/mol. The molecule has 0 fully saturated rings. The van der Waals surface area contributed by atoms with Gasteiger partial charge >= 0.3 is 0 Å². The highest BCUT2D eigenvalue weighted by Crippen LogP contribution is 2.35. The maximum atomic E-state index is 11.3. The van der Waals surface area contributed by atoms with Crippen molar-refractivity contribution in [2.75, 3.05) is 0 Å². The molecule has 0 spiro atoms. The summed E-state index contributed by atoms with van der Waals surface area (Å²) in [6.07, 6.45) is 5.17. The molecule has 0 amide bonds. The Morgan fingerprint density at radius 3 is 2.50 bits per heavy atom. The number of Topliss-reactive ketones (excluding diaryl/α,β-unsaturated/α-hetero) is 1. The van der Waals surface area contributed by atoms with Gasteiger partial charge in [0.2, 0.25) is 0 Å². The zero-order valence-corrected chi connectivity index (χ0v) is 8.27. The van der Waals surface area contributed by atoms with E-state index >= 15 is 0 Å². The molecule has 12 heavy (non-hydrogen) atoms. The van der Waals surface area contributed by atoms with Crippen molar-refractivity contribution < 1.29 is 4.79 Å². The SMILES string of the molecule is CC(=O)C1=CC(C)=CCC1(C)C. The molecule has 66 valence electrons. The summed E-state index contributed by atoms with van der Waals surface area (Å²) in [7, 11) is 0. The fourth-order valence-corrected chi connectivity index (χ4v) is 1.59. The number of carbonyl (C=O) groups is 1. The van der Waals surface area contributed by atoms with Gasteiger partial charge in [-0.15, -0.1) is 0 Å². The van der Waals surface area contributed by atoms with Gasteiger partial charge in [-0.05, 0) is 25.7 Å². The van der Waals surface area contributed by atoms with Gasteiger partial charge < -0.3 is 0 Å². The van der Waals surface area contributed by atoms with Crippen LogP contribution < -0.4 is 0 Å². The molecule has 0 unspecified atom stereocenters. The lowest BCUT2D eigenvalue weighted by Gasteiger charge is -2.28. The highest BCUT2D eigenvalue weighted by Gasteiger charge is 2.27. The molecule has 0 atom stereocenters. The Kier molecular flexibility index (Phi) is 2.22. The molecule has 1 aliphatic carbocycles. The molecule has 0 aromatic rings. The van der Waals surface area contributed by atoms with E-state index in [1.54, 1.807) is 6.92 Å². The molecule has 1 nitrogen and oxygen atoms in total. The fraction of sp³-hybridized carbons (Fsp3) is 0.545. The van der Waals surface area contributed by atoms with Crippen molar-refractivity contribution >= 4 is 5.78 Å². The molecule has 1 heteroatoms. The van der Waals surface area contributed by atoms with Crippen LogP contribution >= 0.6 is 0 Å². The first-order valence-corrected chi connectivity index (χ1v) is 4.33. The third-order valence-corrected chi connectivity index (χ3v) is 2.41. The van der Waals surface area contributed by atoms with Gasteiger partial charge in [0.05, 0.1) is 0 Å². The molecule has 1 aliphatic rings. The second-order valence-corrected chi connectivity index (χ2v) is 4.15. The number of ketones is 1. The van der Waals surface area contributed by atoms with Gasteiger partial charge in [-0.25, -0.2) is 0 Å². The number of rotatable bonds is 1. The summed E-state index contributed by atoms with van der Waals surface area (Å²) in [5.74, 6) is 0.201. The van der Waals surface area contributed by atoms with E-state index in [1.807, 2.05) is 13.0 Å². The van der Waals surface area contributed by atoms with Crippen LogP contribution in [0.5, 0.6) is 0 Å². The van der Waals surface area contributed by atoms with E-state index in [-0.39, 0.29) is 11.2 Å². The Morgan fingerprint density at radius 2 is 2.08 bits per heavy atom. The van der Waals surface area contributed by atoms with E-state index in [0.29, 0.717) is 0 Å². The van der Waals surface area contributed by atoms with Gasteiger partial charge in [0.25, 0.3) is 0 Å². The zero-order valence-electron chi connectivity index (χ0n) is 8.27. The standard InChI is InChI=1S/C11H16O/c1-8-5-6-11(3,4)10(7-8)9(2)12/h5,7H,6H2,1-4H3. The maximum absolute atomic E-state index is 11.3. The normalized spacial score (nSPS) is 21.3. The molecular weight excluding hydrogens is 148 g/mol. The second-order valence-electron chi connectivity index (χ2n) is 4.15. The minimum atomic E-state index is 0.0331. The van der Waals surface area contributed by atoms with Gasteiger partial charge in [0.1, 0.15) is 0 Å². The lowest BCUT2D eigenvalue weighted by atomic mass is 9.75. The Bertz CT molecular complexity index is 267. The van der Waals surface area contributed by atoms with Crippen LogP contribution in [0.25, 0.3) is 0 Å². The molecule has 0 N–H and O–H groups in total. The Balaban J connectivity index is 3.05. The Morgan fingerprint density at radius 1 is 1.50 bits per heavy atom. The van der Waals surface area contributed by atoms with Crippen LogP contribution in [0.1, 0.15) is 34.1 Å². The zero-order chi connectivity index (χ0) is 9.35. The van der Waals surface area contributed by atoms with E-state index < -0.39 is 0 Å². The predicted octanol–water partition coefficient (Wildman–Crippen LogP) is 2.88. The quantitative estimate of drug-likeness (QED) is 0.582. The van der Waals surface area contributed by atoms with Crippen LogP contribution in [-0.4, -0.2) is 5.78 Å². The van der Waals surface area contributed by atoms with Crippen LogP contribution in [0.15, 0.2) is 23.3 Å². The van der Waals surface area contributed by atoms with E-state index in [4.69, 9.17) is 0 Å². The molecule has 1 rings (SSSR count). The third-order valence-electron chi connectivity index (χ3n) is 2.41. The Labute approximate surface area is 74.2 Å². The molecule has 0 aliphatic heterocycles. The van der Waals surface area contributed by atoms with Gasteiger partial charge in [0.15, 0.2) is 5.78 Å². The summed E-state index contributed by atoms with van der Waals surface area (Å²) in [5.41, 5.74) is 2.20. The van der Waals surface area contributed by atoms with Crippen LogP contribution in [0.2, 0.25) is 0 Å². The summed E-state index contributed by atoms with van der Waals surface area (Å²) in [6.45, 7) is 7.91. The molecule has 0 radical (unpaired) electrons. The third kappa shape index (κ3) is 1.66. The molecule has 0 saturated heterocycles. The minimum absolute atomic E-state index is 0.0331. The molecule has 0 aromatic heterocycles. The summed E-state index contributed by atoms with van der Waals surface area (Å²) < 4.78 is 0. The first-order valence-electron chi connectivity index (χ1n) is 4.33. The summed E-state index contributed by atoms with van der Waals surface area (Å²) in [6, 6.07) is 0. The Hall–Kier alpha value is -0.850. The topological polar surface area (TPSA) is 17.1 Å². The smallest absolute Gasteiger partial charge is 0.156 e. The molecule has 0 saturated carbocycles. The van der Waals surface area contributed by atoms with Gasteiger partial charge in [-0.1, -0.05) is 31.6 Å². The number of hydrogen-bond acceptors (Lipinski definition) is 1. The average Bonchev–Trinajstić information content (AvgIpc) is 1.94. The number of allylic oxidation sites excluding steroid dienone is 4. The van der Waals surface area contributed by atoms with E-state index in [2.05, 4.69) is 19.9 Å². The van der Waals surface area contributed by atoms with Gasteiger partial charge in [0, 0.05) is 5.57 Å². The average molecular weight is 164 g/mol. The monoisotopic (exact) mass is 164 g/mol. The maximum Gasteiger partial charge on any atom is 0.156 e. The molecule has 0 heterocycles. The lowest BCUT2D eigenvalue weighted by Crippen LogP contribution is -2.21. The van der Waals surface area contributed by atoms with E-state index in [9.17, 15) is 4.79 Å². The van der Waals surface area contributed by atoms with Crippen LogP contribution in [0.4, 0.5) is 0 Å². The molecule has 0 bridgehead atoms. The van der Waals surface area contributed by atoms with Crippen molar-refractivity contribution in [2.45, 2.75) is 34.1 Å². The van der Waals surface area contributed by atoms with Crippen LogP contribution in [0.3, 0.4) is 0 Å². The first kappa shape index (κ1) is 9.24. The summed E-state index contributed by atoms with van der Waals surface area (Å²) in [4.78, 5) is 11.3. The van der Waals surface area contributed by atoms with Gasteiger partial charge in [-0.2, -0.15) is 0 Å². The van der Waals surface area contributed by atoms with Crippen molar-refractivity contribution in [1.82, 2.24) is 0 Å². The van der Waals surface area contributed by atoms with Crippen molar-refractivity contribution in [2.24, 2.45) is 5.41 Å². The second kappa shape index (κ2) is 2.89. The first-order chi connectivity index (χ1) is 5.43. The summed E-state index contributed by atoms with van der Waals surface area (Å²) in [5, 5.41) is 0.